The molecule has 2 N–H and O–H groups in total. The molecule has 4 aromatic rings. The number of phenolic OH excluding ortho intramolecular Hbond substituents is 1. The summed E-state index contributed by atoms with van der Waals surface area (Å²) in [7, 11) is 0. The van der Waals surface area contributed by atoms with Crippen LogP contribution in [0.3, 0.4) is 0 Å². The zero-order chi connectivity index (χ0) is 25.4. The van der Waals surface area contributed by atoms with Crippen LogP contribution in [-0.4, -0.2) is 32.7 Å². The maximum Gasteiger partial charge on any atom is 0.273 e. The molecule has 182 valence electrons. The summed E-state index contributed by atoms with van der Waals surface area (Å²) >= 11 is 0. The fourth-order valence-electron chi connectivity index (χ4n) is 4.87. The van der Waals surface area contributed by atoms with E-state index in [2.05, 4.69) is 28.9 Å². The average Bonchev–Trinajstić information content (AvgIpc) is 3.40. The van der Waals surface area contributed by atoms with Crippen LogP contribution in [0, 0.1) is 20.8 Å². The Morgan fingerprint density at radius 1 is 1.08 bits per heavy atom. The predicted molar refractivity (Wildman–Crippen MR) is 140 cm³/mol. The average molecular weight is 480 g/mol. The number of ether oxygens (including phenoxy) is 1. The van der Waals surface area contributed by atoms with Gasteiger partial charge in [-0.1, -0.05) is 60.7 Å². The molecule has 0 fully saturated rings. The summed E-state index contributed by atoms with van der Waals surface area (Å²) in [6, 6.07) is 19.4. The molecule has 3 aromatic carbocycles. The van der Waals surface area contributed by atoms with Gasteiger partial charge < -0.3 is 14.7 Å². The van der Waals surface area contributed by atoms with E-state index in [1.54, 1.807) is 6.08 Å². The Hall–Kier alpha value is -4.32. The Morgan fingerprint density at radius 2 is 1.86 bits per heavy atom. The lowest BCUT2D eigenvalue weighted by Gasteiger charge is -2.27. The number of aromatic hydroxyl groups is 1. The summed E-state index contributed by atoms with van der Waals surface area (Å²) in [5, 5.41) is 18.4. The van der Waals surface area contributed by atoms with Crippen LogP contribution in [0.1, 0.15) is 49.9 Å². The highest BCUT2D eigenvalue weighted by atomic mass is 16.5. The first kappa shape index (κ1) is 23.4. The smallest absolute Gasteiger partial charge is 0.273 e. The van der Waals surface area contributed by atoms with E-state index >= 15 is 0 Å². The summed E-state index contributed by atoms with van der Waals surface area (Å²) in [6.45, 7) is 10.4. The Bertz CT molecular complexity index is 1450. The first-order valence-electron chi connectivity index (χ1n) is 12.0. The fourth-order valence-corrected chi connectivity index (χ4v) is 4.87. The maximum absolute atomic E-state index is 13.7. The van der Waals surface area contributed by atoms with Crippen LogP contribution in [0.5, 0.6) is 11.5 Å². The number of hydrogen-bond acceptors (Lipinski definition) is 4. The number of benzene rings is 3. The molecule has 36 heavy (non-hydrogen) atoms. The van der Waals surface area contributed by atoms with Crippen molar-refractivity contribution in [3.05, 3.63) is 112 Å². The van der Waals surface area contributed by atoms with Gasteiger partial charge in [0.2, 0.25) is 0 Å². The molecular weight excluding hydrogens is 450 g/mol. The minimum Gasteiger partial charge on any atom is -0.507 e. The van der Waals surface area contributed by atoms with Crippen molar-refractivity contribution in [1.29, 1.82) is 0 Å². The van der Waals surface area contributed by atoms with Gasteiger partial charge in [0.15, 0.2) is 0 Å². The molecule has 1 aromatic heterocycles. The Labute approximate surface area is 210 Å². The van der Waals surface area contributed by atoms with Gasteiger partial charge in [-0.25, -0.2) is 0 Å². The quantitative estimate of drug-likeness (QED) is 0.318. The van der Waals surface area contributed by atoms with Crippen LogP contribution in [0.4, 0.5) is 0 Å². The SMILES string of the molecule is C=CCOc1cccc(C2c3c(-c4cc(C)cc(C)c4O)n[nH]c3C(=O)N2Cc2ccc(C)cc2)c1. The van der Waals surface area contributed by atoms with E-state index in [-0.39, 0.29) is 11.7 Å². The molecule has 6 heteroatoms. The van der Waals surface area contributed by atoms with Gasteiger partial charge in [0.25, 0.3) is 5.91 Å². The van der Waals surface area contributed by atoms with Crippen molar-refractivity contribution < 1.29 is 14.6 Å². The highest BCUT2D eigenvalue weighted by Crippen LogP contribution is 2.46. The third-order valence-corrected chi connectivity index (χ3v) is 6.58. The molecule has 1 atom stereocenters. The normalized spacial score (nSPS) is 14.7. The van der Waals surface area contributed by atoms with Gasteiger partial charge in [-0.15, -0.1) is 0 Å². The Morgan fingerprint density at radius 3 is 2.61 bits per heavy atom. The van der Waals surface area contributed by atoms with Crippen LogP contribution >= 0.6 is 0 Å². The standard InChI is InChI=1S/C30H29N3O3/c1-5-13-36-23-8-6-7-22(16-23)28-25-26(24-15-19(3)14-20(4)29(24)34)31-32-27(25)30(35)33(28)17-21-11-9-18(2)10-12-21/h5-12,14-16,28,34H,1,13,17H2,2-4H3,(H,31,32). The van der Waals surface area contributed by atoms with Crippen LogP contribution in [0.15, 0.2) is 73.3 Å². The second-order valence-corrected chi connectivity index (χ2v) is 9.33. The second kappa shape index (κ2) is 9.38. The minimum absolute atomic E-state index is 0.129. The van der Waals surface area contributed by atoms with Gasteiger partial charge in [0.1, 0.15) is 29.5 Å². The molecule has 0 aliphatic carbocycles. The first-order valence-corrected chi connectivity index (χ1v) is 12.0. The van der Waals surface area contributed by atoms with Crippen LogP contribution in [0.25, 0.3) is 11.3 Å². The number of rotatable bonds is 7. The predicted octanol–water partition coefficient (Wildman–Crippen LogP) is 6.02. The van der Waals surface area contributed by atoms with E-state index in [4.69, 9.17) is 4.74 Å². The number of carbonyl (C=O) groups excluding carboxylic acids is 1. The molecule has 5 rings (SSSR count). The van der Waals surface area contributed by atoms with Crippen LogP contribution in [0.2, 0.25) is 0 Å². The topological polar surface area (TPSA) is 78.5 Å². The van der Waals surface area contributed by atoms with E-state index in [1.807, 2.05) is 74.2 Å². The number of hydrogen-bond donors (Lipinski definition) is 2. The summed E-state index contributed by atoms with van der Waals surface area (Å²) in [4.78, 5) is 15.6. The molecular formula is C30H29N3O3. The first-order chi connectivity index (χ1) is 17.4. The Balaban J connectivity index is 1.66. The molecule has 1 unspecified atom stereocenters. The number of amides is 1. The van der Waals surface area contributed by atoms with Crippen molar-refractivity contribution in [3.8, 4) is 22.8 Å². The molecule has 0 spiro atoms. The Kier molecular flexibility index (Phi) is 6.10. The highest BCUT2D eigenvalue weighted by molar-refractivity contribution is 6.00. The lowest BCUT2D eigenvalue weighted by molar-refractivity contribution is 0.0730. The van der Waals surface area contributed by atoms with E-state index in [1.165, 1.54) is 0 Å². The lowest BCUT2D eigenvalue weighted by atomic mass is 9.94. The number of aromatic nitrogens is 2. The molecule has 0 saturated heterocycles. The number of phenols is 1. The monoisotopic (exact) mass is 479 g/mol. The fraction of sp³-hybridized carbons (Fsp3) is 0.200. The number of nitrogens with zero attached hydrogens (tertiary/aromatic N) is 2. The van der Waals surface area contributed by atoms with Gasteiger partial charge in [-0.2, -0.15) is 5.10 Å². The molecule has 1 aliphatic rings. The molecule has 1 amide bonds. The van der Waals surface area contributed by atoms with Crippen molar-refractivity contribution in [1.82, 2.24) is 15.1 Å². The number of carbonyl (C=O) groups is 1. The third kappa shape index (κ3) is 4.15. The van der Waals surface area contributed by atoms with Gasteiger partial charge in [-0.3, -0.25) is 9.89 Å². The molecule has 0 radical (unpaired) electrons. The van der Waals surface area contributed by atoms with E-state index in [0.29, 0.717) is 35.9 Å². The largest absolute Gasteiger partial charge is 0.507 e. The van der Waals surface area contributed by atoms with Gasteiger partial charge in [0.05, 0.1) is 6.04 Å². The van der Waals surface area contributed by atoms with E-state index in [9.17, 15) is 9.90 Å². The van der Waals surface area contributed by atoms with Crippen molar-refractivity contribution in [2.75, 3.05) is 6.61 Å². The van der Waals surface area contributed by atoms with Crippen LogP contribution in [-0.2, 0) is 6.54 Å². The number of nitrogens with one attached hydrogen (secondary N) is 1. The zero-order valence-electron chi connectivity index (χ0n) is 20.7. The van der Waals surface area contributed by atoms with Gasteiger partial charge in [0, 0.05) is 17.7 Å². The maximum atomic E-state index is 13.7. The zero-order valence-corrected chi connectivity index (χ0v) is 20.7. The molecule has 1 aliphatic heterocycles. The van der Waals surface area contributed by atoms with E-state index in [0.717, 1.165) is 33.4 Å². The number of aryl methyl sites for hydroxylation is 3. The summed E-state index contributed by atoms with van der Waals surface area (Å²) < 4.78 is 5.80. The summed E-state index contributed by atoms with van der Waals surface area (Å²) in [6.07, 6.45) is 1.70. The molecule has 0 saturated carbocycles. The van der Waals surface area contributed by atoms with Gasteiger partial charge in [-0.05, 0) is 61.2 Å². The van der Waals surface area contributed by atoms with Crippen molar-refractivity contribution >= 4 is 5.91 Å². The molecule has 6 nitrogen and oxygen atoms in total. The second-order valence-electron chi connectivity index (χ2n) is 9.33. The van der Waals surface area contributed by atoms with Crippen LogP contribution < -0.4 is 4.74 Å². The highest BCUT2D eigenvalue weighted by Gasteiger charge is 2.42. The third-order valence-electron chi connectivity index (χ3n) is 6.58. The molecule has 0 bridgehead atoms. The van der Waals surface area contributed by atoms with Crippen molar-refractivity contribution in [3.63, 3.8) is 0 Å². The van der Waals surface area contributed by atoms with Gasteiger partial charge >= 0.3 is 0 Å². The van der Waals surface area contributed by atoms with Crippen molar-refractivity contribution in [2.45, 2.75) is 33.4 Å². The lowest BCUT2D eigenvalue weighted by Crippen LogP contribution is -2.29. The summed E-state index contributed by atoms with van der Waals surface area (Å²) in [5.74, 6) is 0.736. The molecule has 2 heterocycles. The minimum atomic E-state index is -0.407. The van der Waals surface area contributed by atoms with E-state index < -0.39 is 6.04 Å². The van der Waals surface area contributed by atoms with Crippen molar-refractivity contribution in [2.24, 2.45) is 0 Å². The summed E-state index contributed by atoms with van der Waals surface area (Å²) in [5.41, 5.74) is 7.27. The number of H-pyrrole nitrogens is 1. The number of aromatic amines is 1. The number of fused-ring (bicyclic) bond motifs is 1.